The molecule has 0 aromatic rings. The third kappa shape index (κ3) is 6.12. The zero-order valence-corrected chi connectivity index (χ0v) is 16.2. The first kappa shape index (κ1) is 18.9. The Morgan fingerprint density at radius 1 is 1.04 bits per heavy atom. The molecule has 3 fully saturated rings. The van der Waals surface area contributed by atoms with Gasteiger partial charge >= 0.3 is 0 Å². The van der Waals surface area contributed by atoms with E-state index in [1.165, 1.54) is 64.7 Å². The Bertz CT molecular complexity index is 410. The van der Waals surface area contributed by atoms with Crippen LogP contribution in [0.25, 0.3) is 0 Å². The Kier molecular flexibility index (Phi) is 7.37. The Morgan fingerprint density at radius 3 is 2.36 bits per heavy atom. The van der Waals surface area contributed by atoms with E-state index in [1.807, 2.05) is 7.05 Å². The van der Waals surface area contributed by atoms with E-state index < -0.39 is 0 Å². The Hall–Kier alpha value is -0.850. The lowest BCUT2D eigenvalue weighted by atomic mass is 9.97. The second-order valence-electron chi connectivity index (χ2n) is 7.92. The highest BCUT2D eigenvalue weighted by molar-refractivity contribution is 5.79. The number of piperidine rings is 2. The van der Waals surface area contributed by atoms with Gasteiger partial charge in [-0.2, -0.15) is 0 Å². The molecule has 0 radical (unpaired) electrons. The van der Waals surface area contributed by atoms with E-state index in [-0.39, 0.29) is 0 Å². The number of rotatable bonds is 7. The van der Waals surface area contributed by atoms with Crippen molar-refractivity contribution in [3.63, 3.8) is 0 Å². The molecule has 3 aliphatic rings. The quantitative estimate of drug-likeness (QED) is 0.532. The minimum atomic E-state index is 0.581. The van der Waals surface area contributed by atoms with Crippen molar-refractivity contribution in [1.82, 2.24) is 20.4 Å². The monoisotopic (exact) mass is 351 g/mol. The van der Waals surface area contributed by atoms with E-state index in [0.717, 1.165) is 37.6 Å². The van der Waals surface area contributed by atoms with E-state index in [0.29, 0.717) is 6.04 Å². The number of nitrogens with one attached hydrogen (secondary N) is 2. The summed E-state index contributed by atoms with van der Waals surface area (Å²) in [6.45, 7) is 7.85. The second kappa shape index (κ2) is 9.74. The highest BCUT2D eigenvalue weighted by atomic mass is 16.5. The van der Waals surface area contributed by atoms with Crippen LogP contribution in [0.1, 0.15) is 38.5 Å². The molecule has 1 saturated carbocycles. The number of aliphatic imine (C=N–C) groups is 1. The maximum atomic E-state index is 5.18. The van der Waals surface area contributed by atoms with Crippen LogP contribution in [0.2, 0.25) is 0 Å². The van der Waals surface area contributed by atoms with Crippen molar-refractivity contribution < 1.29 is 4.74 Å². The van der Waals surface area contributed by atoms with Crippen LogP contribution in [-0.4, -0.2) is 87.9 Å². The predicted octanol–water partition coefficient (Wildman–Crippen LogP) is 1.14. The molecule has 0 atom stereocenters. The summed E-state index contributed by atoms with van der Waals surface area (Å²) in [4.78, 5) is 9.63. The molecule has 25 heavy (non-hydrogen) atoms. The van der Waals surface area contributed by atoms with Crippen LogP contribution in [-0.2, 0) is 4.74 Å². The van der Waals surface area contributed by atoms with Crippen LogP contribution in [0, 0.1) is 5.92 Å². The zero-order valence-electron chi connectivity index (χ0n) is 16.2. The minimum Gasteiger partial charge on any atom is -0.383 e. The summed E-state index contributed by atoms with van der Waals surface area (Å²) >= 11 is 0. The Balaban J connectivity index is 1.30. The van der Waals surface area contributed by atoms with E-state index in [4.69, 9.17) is 4.74 Å². The van der Waals surface area contributed by atoms with Gasteiger partial charge in [0.15, 0.2) is 5.96 Å². The van der Waals surface area contributed by atoms with Gasteiger partial charge in [-0.1, -0.05) is 0 Å². The minimum absolute atomic E-state index is 0.581. The number of hydrogen-bond acceptors (Lipinski definition) is 4. The van der Waals surface area contributed by atoms with Crippen molar-refractivity contribution in [2.75, 3.05) is 60.0 Å². The van der Waals surface area contributed by atoms with E-state index in [1.54, 1.807) is 7.11 Å². The van der Waals surface area contributed by atoms with Crippen molar-refractivity contribution in [1.29, 1.82) is 0 Å². The lowest BCUT2D eigenvalue weighted by molar-refractivity contribution is 0.120. The smallest absolute Gasteiger partial charge is 0.191 e. The molecule has 0 aromatic heterocycles. The number of methoxy groups -OCH3 is 1. The van der Waals surface area contributed by atoms with Gasteiger partial charge in [-0.05, 0) is 57.5 Å². The van der Waals surface area contributed by atoms with Crippen molar-refractivity contribution in [2.24, 2.45) is 10.9 Å². The van der Waals surface area contributed by atoms with Crippen LogP contribution >= 0.6 is 0 Å². The molecule has 2 N–H and O–H groups in total. The van der Waals surface area contributed by atoms with Gasteiger partial charge in [0.2, 0.25) is 0 Å². The molecule has 6 heteroatoms. The SMILES string of the molecule is CN=C(NCC1CCN(CCOC)CC1)NC1CCN(C2CC2)CC1. The van der Waals surface area contributed by atoms with Crippen molar-refractivity contribution in [3.05, 3.63) is 0 Å². The lowest BCUT2D eigenvalue weighted by Crippen LogP contribution is -2.50. The third-order valence-electron chi connectivity index (χ3n) is 6.03. The standard InChI is InChI=1S/C19H37N5O/c1-20-19(22-17-7-11-24(12-8-17)18-3-4-18)21-15-16-5-9-23(10-6-16)13-14-25-2/h16-18H,3-15H2,1-2H3,(H2,20,21,22). The number of guanidine groups is 1. The Labute approximate surface area is 153 Å². The molecule has 0 aromatic carbocycles. The summed E-state index contributed by atoms with van der Waals surface area (Å²) in [5, 5.41) is 7.22. The van der Waals surface area contributed by atoms with Gasteiger partial charge in [-0.3, -0.25) is 4.99 Å². The van der Waals surface area contributed by atoms with E-state index >= 15 is 0 Å². The number of nitrogens with zero attached hydrogens (tertiary/aromatic N) is 3. The number of hydrogen-bond donors (Lipinski definition) is 2. The van der Waals surface area contributed by atoms with Crippen LogP contribution in [0.5, 0.6) is 0 Å². The van der Waals surface area contributed by atoms with Crippen LogP contribution < -0.4 is 10.6 Å². The summed E-state index contributed by atoms with van der Waals surface area (Å²) < 4.78 is 5.18. The predicted molar refractivity (Wildman–Crippen MR) is 103 cm³/mol. The van der Waals surface area contributed by atoms with Gasteiger partial charge in [0.1, 0.15) is 0 Å². The summed E-state index contributed by atoms with van der Waals surface area (Å²) in [6.07, 6.45) is 7.88. The summed E-state index contributed by atoms with van der Waals surface area (Å²) in [5.41, 5.74) is 0. The highest BCUT2D eigenvalue weighted by Crippen LogP contribution is 2.29. The molecular formula is C19H37N5O. The molecule has 3 rings (SSSR count). The zero-order chi connectivity index (χ0) is 17.5. The second-order valence-corrected chi connectivity index (χ2v) is 7.92. The molecule has 6 nitrogen and oxygen atoms in total. The van der Waals surface area contributed by atoms with E-state index in [9.17, 15) is 0 Å². The van der Waals surface area contributed by atoms with Crippen molar-refractivity contribution >= 4 is 5.96 Å². The van der Waals surface area contributed by atoms with Gasteiger partial charge in [-0.15, -0.1) is 0 Å². The largest absolute Gasteiger partial charge is 0.383 e. The van der Waals surface area contributed by atoms with E-state index in [2.05, 4.69) is 25.4 Å². The number of likely N-dealkylation sites (tertiary alicyclic amines) is 2. The average Bonchev–Trinajstić information content (AvgIpc) is 3.50. The molecule has 144 valence electrons. The average molecular weight is 352 g/mol. The topological polar surface area (TPSA) is 52.1 Å². The molecule has 2 saturated heterocycles. The van der Waals surface area contributed by atoms with Gasteiger partial charge in [0.25, 0.3) is 0 Å². The molecular weight excluding hydrogens is 314 g/mol. The molecule has 0 amide bonds. The molecule has 0 unspecified atom stereocenters. The first-order valence-corrected chi connectivity index (χ1v) is 10.2. The Morgan fingerprint density at radius 2 is 1.76 bits per heavy atom. The molecule has 2 heterocycles. The molecule has 0 bridgehead atoms. The van der Waals surface area contributed by atoms with Gasteiger partial charge < -0.3 is 25.2 Å². The lowest BCUT2D eigenvalue weighted by Gasteiger charge is -2.34. The van der Waals surface area contributed by atoms with Gasteiger partial charge in [-0.25, -0.2) is 0 Å². The first-order chi connectivity index (χ1) is 12.3. The fraction of sp³-hybridized carbons (Fsp3) is 0.947. The first-order valence-electron chi connectivity index (χ1n) is 10.2. The van der Waals surface area contributed by atoms with Crippen molar-refractivity contribution in [2.45, 2.75) is 50.6 Å². The molecule has 1 aliphatic carbocycles. The van der Waals surface area contributed by atoms with Crippen LogP contribution in [0.4, 0.5) is 0 Å². The maximum absolute atomic E-state index is 5.18. The maximum Gasteiger partial charge on any atom is 0.191 e. The van der Waals surface area contributed by atoms with Gasteiger partial charge in [0.05, 0.1) is 6.61 Å². The van der Waals surface area contributed by atoms with Gasteiger partial charge in [0, 0.05) is 52.4 Å². The molecule has 0 spiro atoms. The van der Waals surface area contributed by atoms with Crippen LogP contribution in [0.15, 0.2) is 4.99 Å². The van der Waals surface area contributed by atoms with Crippen LogP contribution in [0.3, 0.4) is 0 Å². The summed E-state index contributed by atoms with van der Waals surface area (Å²) in [5.74, 6) is 1.75. The fourth-order valence-corrected chi connectivity index (χ4v) is 4.11. The summed E-state index contributed by atoms with van der Waals surface area (Å²) in [6, 6.07) is 1.49. The normalized spacial score (nSPS) is 25.3. The fourth-order valence-electron chi connectivity index (χ4n) is 4.11. The summed E-state index contributed by atoms with van der Waals surface area (Å²) in [7, 11) is 3.67. The molecule has 2 aliphatic heterocycles. The third-order valence-corrected chi connectivity index (χ3v) is 6.03. The highest BCUT2D eigenvalue weighted by Gasteiger charge is 2.32. The van der Waals surface area contributed by atoms with Crippen molar-refractivity contribution in [3.8, 4) is 0 Å². The number of ether oxygens (including phenoxy) is 1.